The largest absolute Gasteiger partial charge is 0.347 e. The van der Waals surface area contributed by atoms with Gasteiger partial charge in [0.15, 0.2) is 0 Å². The Kier molecular flexibility index (Phi) is 6.03. The first-order valence-electron chi connectivity index (χ1n) is 7.33. The molecule has 2 rings (SSSR count). The lowest BCUT2D eigenvalue weighted by molar-refractivity contribution is 0.0946. The van der Waals surface area contributed by atoms with Crippen molar-refractivity contribution >= 4 is 17.2 Å². The molecule has 0 saturated heterocycles. The van der Waals surface area contributed by atoms with E-state index in [0.29, 0.717) is 11.3 Å². The van der Waals surface area contributed by atoms with Gasteiger partial charge in [0.25, 0.3) is 5.91 Å². The number of halogens is 1. The molecule has 118 valence electrons. The first-order valence-corrected chi connectivity index (χ1v) is 8.21. The summed E-state index contributed by atoms with van der Waals surface area (Å²) in [5.41, 5.74) is 7.13. The van der Waals surface area contributed by atoms with Gasteiger partial charge in [0.05, 0.1) is 6.04 Å². The molecule has 1 unspecified atom stereocenters. The quantitative estimate of drug-likeness (QED) is 0.821. The van der Waals surface area contributed by atoms with Gasteiger partial charge in [-0.15, -0.1) is 11.3 Å². The summed E-state index contributed by atoms with van der Waals surface area (Å²) in [7, 11) is 0. The summed E-state index contributed by atoms with van der Waals surface area (Å²) in [5, 5.41) is 5.23. The topological polar surface area (TPSA) is 68.0 Å². The molecule has 1 heterocycles. The van der Waals surface area contributed by atoms with Gasteiger partial charge in [0.1, 0.15) is 16.5 Å². The van der Waals surface area contributed by atoms with Crippen LogP contribution in [0.3, 0.4) is 0 Å². The smallest absolute Gasteiger partial charge is 0.271 e. The monoisotopic (exact) mass is 321 g/mol. The third kappa shape index (κ3) is 4.61. The van der Waals surface area contributed by atoms with Crippen LogP contribution in [-0.4, -0.2) is 10.9 Å². The third-order valence-corrected chi connectivity index (χ3v) is 4.26. The Labute approximate surface area is 133 Å². The average Bonchev–Trinajstić information content (AvgIpc) is 3.00. The number of unbranched alkanes of at least 4 members (excludes halogenated alkanes) is 1. The lowest BCUT2D eigenvalue weighted by atomic mass is 10.1. The highest BCUT2D eigenvalue weighted by atomic mass is 32.1. The molecule has 22 heavy (non-hydrogen) atoms. The molecule has 0 fully saturated rings. The van der Waals surface area contributed by atoms with Gasteiger partial charge in [-0.1, -0.05) is 31.9 Å². The number of carbonyl (C=O) groups excluding carboxylic acids is 1. The second kappa shape index (κ2) is 8.00. The van der Waals surface area contributed by atoms with E-state index in [1.54, 1.807) is 17.5 Å². The Bertz CT molecular complexity index is 629. The Balaban J connectivity index is 1.91. The zero-order valence-corrected chi connectivity index (χ0v) is 13.3. The number of nitrogens with two attached hydrogens (primary N) is 1. The zero-order chi connectivity index (χ0) is 15.9. The molecule has 1 atom stereocenters. The molecule has 6 heteroatoms. The molecule has 1 amide bonds. The Morgan fingerprint density at radius 3 is 3.05 bits per heavy atom. The van der Waals surface area contributed by atoms with E-state index in [2.05, 4.69) is 17.2 Å². The lowest BCUT2D eigenvalue weighted by Crippen LogP contribution is -2.23. The highest BCUT2D eigenvalue weighted by Gasteiger charge is 2.14. The van der Waals surface area contributed by atoms with Crippen LogP contribution in [0.25, 0.3) is 0 Å². The minimum Gasteiger partial charge on any atom is -0.347 e. The number of nitrogens with one attached hydrogen (secondary N) is 1. The van der Waals surface area contributed by atoms with E-state index in [4.69, 9.17) is 5.73 Å². The number of rotatable bonds is 7. The molecular formula is C16H20FN3OS. The fraction of sp³-hybridized carbons (Fsp3) is 0.375. The van der Waals surface area contributed by atoms with Gasteiger partial charge >= 0.3 is 0 Å². The second-order valence-corrected chi connectivity index (χ2v) is 6.02. The summed E-state index contributed by atoms with van der Waals surface area (Å²) >= 11 is 1.40. The number of hydrogen-bond donors (Lipinski definition) is 2. The van der Waals surface area contributed by atoms with Crippen LogP contribution >= 0.6 is 11.3 Å². The first kappa shape index (κ1) is 16.6. The fourth-order valence-electron chi connectivity index (χ4n) is 2.03. The predicted octanol–water partition coefficient (Wildman–Crippen LogP) is 3.40. The summed E-state index contributed by atoms with van der Waals surface area (Å²) in [4.78, 5) is 16.4. The number of benzene rings is 1. The fourth-order valence-corrected chi connectivity index (χ4v) is 2.87. The van der Waals surface area contributed by atoms with Crippen LogP contribution in [-0.2, 0) is 6.54 Å². The molecule has 0 aliphatic heterocycles. The van der Waals surface area contributed by atoms with Gasteiger partial charge < -0.3 is 11.1 Å². The van der Waals surface area contributed by atoms with Crippen molar-refractivity contribution in [3.05, 3.63) is 51.7 Å². The molecular weight excluding hydrogens is 301 g/mol. The van der Waals surface area contributed by atoms with E-state index in [9.17, 15) is 9.18 Å². The van der Waals surface area contributed by atoms with Crippen molar-refractivity contribution in [1.29, 1.82) is 0 Å². The van der Waals surface area contributed by atoms with Gasteiger partial charge in [-0.2, -0.15) is 0 Å². The van der Waals surface area contributed by atoms with Crippen molar-refractivity contribution in [2.75, 3.05) is 0 Å². The van der Waals surface area contributed by atoms with E-state index in [0.717, 1.165) is 24.3 Å². The van der Waals surface area contributed by atoms with Gasteiger partial charge in [-0.05, 0) is 24.1 Å². The van der Waals surface area contributed by atoms with E-state index in [-0.39, 0.29) is 24.3 Å². The summed E-state index contributed by atoms with van der Waals surface area (Å²) in [6.45, 7) is 2.38. The minimum absolute atomic E-state index is 0.116. The maximum atomic E-state index is 13.1. The number of hydrogen-bond acceptors (Lipinski definition) is 4. The predicted molar refractivity (Wildman–Crippen MR) is 86.1 cm³/mol. The summed E-state index contributed by atoms with van der Waals surface area (Å²) in [5.74, 6) is -0.584. The molecule has 2 aromatic rings. The molecule has 0 radical (unpaired) electrons. The Hall–Kier alpha value is -1.79. The van der Waals surface area contributed by atoms with Gasteiger partial charge in [-0.25, -0.2) is 9.37 Å². The average molecular weight is 321 g/mol. The second-order valence-electron chi connectivity index (χ2n) is 5.13. The van der Waals surface area contributed by atoms with E-state index < -0.39 is 0 Å². The van der Waals surface area contributed by atoms with E-state index in [1.165, 1.54) is 23.5 Å². The van der Waals surface area contributed by atoms with Crippen molar-refractivity contribution < 1.29 is 9.18 Å². The molecule has 0 aliphatic rings. The summed E-state index contributed by atoms with van der Waals surface area (Å²) in [6.07, 6.45) is 3.00. The van der Waals surface area contributed by atoms with Crippen LogP contribution in [0.2, 0.25) is 0 Å². The van der Waals surface area contributed by atoms with Crippen LogP contribution in [0.4, 0.5) is 4.39 Å². The minimum atomic E-state index is -0.315. The van der Waals surface area contributed by atoms with Crippen LogP contribution in [0.15, 0.2) is 29.6 Å². The number of carbonyl (C=O) groups is 1. The number of thiazole rings is 1. The van der Waals surface area contributed by atoms with Crippen molar-refractivity contribution in [3.8, 4) is 0 Å². The van der Waals surface area contributed by atoms with Crippen molar-refractivity contribution in [2.45, 2.75) is 38.8 Å². The number of amides is 1. The molecule has 1 aromatic heterocycles. The van der Waals surface area contributed by atoms with E-state index in [1.807, 2.05) is 0 Å². The molecule has 3 N–H and O–H groups in total. The van der Waals surface area contributed by atoms with E-state index >= 15 is 0 Å². The van der Waals surface area contributed by atoms with Crippen molar-refractivity contribution in [2.24, 2.45) is 5.73 Å². The van der Waals surface area contributed by atoms with Crippen molar-refractivity contribution in [3.63, 3.8) is 0 Å². The zero-order valence-electron chi connectivity index (χ0n) is 12.5. The summed E-state index contributed by atoms with van der Waals surface area (Å²) in [6, 6.07) is 6.03. The number of aromatic nitrogens is 1. The highest BCUT2D eigenvalue weighted by Crippen LogP contribution is 2.20. The van der Waals surface area contributed by atoms with Gasteiger partial charge in [0, 0.05) is 11.9 Å². The van der Waals surface area contributed by atoms with Crippen LogP contribution < -0.4 is 11.1 Å². The number of nitrogens with zero attached hydrogens (tertiary/aromatic N) is 1. The SMILES string of the molecule is CCCCC(N)c1nc(C(=O)NCc2cccc(F)c2)cs1. The molecule has 4 nitrogen and oxygen atoms in total. The highest BCUT2D eigenvalue weighted by molar-refractivity contribution is 7.09. The van der Waals surface area contributed by atoms with Gasteiger partial charge in [-0.3, -0.25) is 4.79 Å². The normalized spacial score (nSPS) is 12.1. The van der Waals surface area contributed by atoms with Crippen LogP contribution in [0, 0.1) is 5.82 Å². The standard InChI is InChI=1S/C16H20FN3OS/c1-2-3-7-13(18)16-20-14(10-22-16)15(21)19-9-11-5-4-6-12(17)8-11/h4-6,8,10,13H,2-3,7,9,18H2,1H3,(H,19,21). The summed E-state index contributed by atoms with van der Waals surface area (Å²) < 4.78 is 13.1. The molecule has 0 saturated carbocycles. The lowest BCUT2D eigenvalue weighted by Gasteiger charge is -2.06. The van der Waals surface area contributed by atoms with Gasteiger partial charge in [0.2, 0.25) is 0 Å². The third-order valence-electron chi connectivity index (χ3n) is 3.28. The first-order chi connectivity index (χ1) is 10.6. The van der Waals surface area contributed by atoms with Crippen LogP contribution in [0.5, 0.6) is 0 Å². The molecule has 0 spiro atoms. The molecule has 1 aromatic carbocycles. The Morgan fingerprint density at radius 1 is 1.50 bits per heavy atom. The molecule has 0 aliphatic carbocycles. The maximum Gasteiger partial charge on any atom is 0.271 e. The molecule has 0 bridgehead atoms. The van der Waals surface area contributed by atoms with Crippen LogP contribution in [0.1, 0.15) is 53.3 Å². The van der Waals surface area contributed by atoms with Crippen molar-refractivity contribution in [1.82, 2.24) is 10.3 Å². The Morgan fingerprint density at radius 2 is 2.32 bits per heavy atom. The maximum absolute atomic E-state index is 13.1.